The minimum Gasteiger partial charge on any atom is -0.466 e. The standard InChI is InChI=1S/C20H21N3O5S/c1-12-10-15(13(2)27-12)18-22-21-17(28-18)11-26-20(25)14-5-7-23(8-6-14)19(24)16-4-3-9-29-16/h3-4,9-10,14H,5-8,11H2,1-2H3. The van der Waals surface area contributed by atoms with Crippen molar-refractivity contribution in [2.24, 2.45) is 5.92 Å². The topological polar surface area (TPSA) is 98.7 Å². The number of piperidine rings is 1. The molecule has 0 radical (unpaired) electrons. The molecular weight excluding hydrogens is 394 g/mol. The molecule has 0 unspecified atom stereocenters. The molecule has 9 heteroatoms. The van der Waals surface area contributed by atoms with Crippen LogP contribution in [0, 0.1) is 19.8 Å². The molecule has 0 atom stereocenters. The van der Waals surface area contributed by atoms with Crippen molar-refractivity contribution in [2.75, 3.05) is 13.1 Å². The minimum absolute atomic E-state index is 0.0231. The predicted octanol–water partition coefficient (Wildman–Crippen LogP) is 3.60. The number of hydrogen-bond donors (Lipinski definition) is 0. The molecule has 3 aromatic heterocycles. The number of carbonyl (C=O) groups excluding carboxylic acids is 2. The van der Waals surface area contributed by atoms with E-state index in [1.54, 1.807) is 4.90 Å². The number of nitrogens with zero attached hydrogens (tertiary/aromatic N) is 3. The Hall–Kier alpha value is -2.94. The molecule has 0 spiro atoms. The third kappa shape index (κ3) is 4.24. The third-order valence-corrected chi connectivity index (χ3v) is 5.78. The highest BCUT2D eigenvalue weighted by molar-refractivity contribution is 7.12. The van der Waals surface area contributed by atoms with Gasteiger partial charge in [-0.15, -0.1) is 21.5 Å². The van der Waals surface area contributed by atoms with E-state index in [4.69, 9.17) is 13.6 Å². The molecule has 0 bridgehead atoms. The van der Waals surface area contributed by atoms with Gasteiger partial charge in [0.05, 0.1) is 16.4 Å². The Morgan fingerprint density at radius 3 is 2.69 bits per heavy atom. The number of carbonyl (C=O) groups is 2. The molecule has 4 rings (SSSR count). The summed E-state index contributed by atoms with van der Waals surface area (Å²) in [5.74, 6) is 1.51. The van der Waals surface area contributed by atoms with Crippen LogP contribution in [0.5, 0.6) is 0 Å². The van der Waals surface area contributed by atoms with Crippen molar-refractivity contribution in [3.05, 3.63) is 45.9 Å². The van der Waals surface area contributed by atoms with E-state index in [9.17, 15) is 9.59 Å². The second-order valence-electron chi connectivity index (χ2n) is 6.98. The first-order chi connectivity index (χ1) is 14.0. The zero-order chi connectivity index (χ0) is 20.4. The fraction of sp³-hybridized carbons (Fsp3) is 0.400. The molecular formula is C20H21N3O5S. The Morgan fingerprint density at radius 1 is 1.24 bits per heavy atom. The summed E-state index contributed by atoms with van der Waals surface area (Å²) in [7, 11) is 0. The lowest BCUT2D eigenvalue weighted by Gasteiger charge is -2.30. The van der Waals surface area contributed by atoms with E-state index >= 15 is 0 Å². The van der Waals surface area contributed by atoms with E-state index in [0.29, 0.717) is 37.6 Å². The number of ether oxygens (including phenoxy) is 1. The molecule has 0 N–H and O–H groups in total. The normalized spacial score (nSPS) is 14.9. The van der Waals surface area contributed by atoms with Gasteiger partial charge < -0.3 is 18.5 Å². The Bertz CT molecular complexity index is 999. The van der Waals surface area contributed by atoms with Crippen LogP contribution in [-0.4, -0.2) is 40.1 Å². The van der Waals surface area contributed by atoms with Gasteiger partial charge in [-0.25, -0.2) is 0 Å². The molecule has 8 nitrogen and oxygen atoms in total. The van der Waals surface area contributed by atoms with E-state index in [1.165, 1.54) is 11.3 Å². The average molecular weight is 415 g/mol. The first-order valence-corrected chi connectivity index (χ1v) is 10.3. The number of thiophene rings is 1. The number of hydrogen-bond acceptors (Lipinski definition) is 8. The van der Waals surface area contributed by atoms with E-state index in [2.05, 4.69) is 10.2 Å². The van der Waals surface area contributed by atoms with Crippen molar-refractivity contribution in [3.63, 3.8) is 0 Å². The van der Waals surface area contributed by atoms with Crippen molar-refractivity contribution in [3.8, 4) is 11.5 Å². The smallest absolute Gasteiger partial charge is 0.309 e. The molecule has 1 aliphatic heterocycles. The van der Waals surface area contributed by atoms with Gasteiger partial charge in [0.1, 0.15) is 11.5 Å². The third-order valence-electron chi connectivity index (χ3n) is 4.92. The summed E-state index contributed by atoms with van der Waals surface area (Å²) >= 11 is 1.43. The summed E-state index contributed by atoms with van der Waals surface area (Å²) in [4.78, 5) is 27.3. The van der Waals surface area contributed by atoms with E-state index < -0.39 is 0 Å². The molecule has 1 fully saturated rings. The lowest BCUT2D eigenvalue weighted by Crippen LogP contribution is -2.40. The summed E-state index contributed by atoms with van der Waals surface area (Å²) in [5.41, 5.74) is 0.732. The Morgan fingerprint density at radius 2 is 2.03 bits per heavy atom. The maximum atomic E-state index is 12.4. The zero-order valence-electron chi connectivity index (χ0n) is 16.2. The van der Waals surface area contributed by atoms with Crippen molar-refractivity contribution in [1.82, 2.24) is 15.1 Å². The van der Waals surface area contributed by atoms with Gasteiger partial charge >= 0.3 is 5.97 Å². The Balaban J connectivity index is 1.28. The van der Waals surface area contributed by atoms with Gasteiger partial charge in [0, 0.05) is 13.1 Å². The van der Waals surface area contributed by atoms with E-state index in [-0.39, 0.29) is 30.3 Å². The first kappa shape index (κ1) is 19.4. The Labute approximate surface area is 171 Å². The lowest BCUT2D eigenvalue weighted by atomic mass is 9.97. The van der Waals surface area contributed by atoms with Crippen LogP contribution in [0.1, 0.15) is 39.9 Å². The molecule has 3 aromatic rings. The summed E-state index contributed by atoms with van der Waals surface area (Å²) in [6.07, 6.45) is 1.16. The Kier molecular flexibility index (Phi) is 5.48. The largest absolute Gasteiger partial charge is 0.466 e. The summed E-state index contributed by atoms with van der Waals surface area (Å²) in [5, 5.41) is 9.81. The van der Waals surface area contributed by atoms with E-state index in [1.807, 2.05) is 37.4 Å². The molecule has 152 valence electrons. The van der Waals surface area contributed by atoms with Crippen LogP contribution >= 0.6 is 11.3 Å². The second kappa shape index (κ2) is 8.20. The highest BCUT2D eigenvalue weighted by atomic mass is 32.1. The molecule has 1 amide bonds. The highest BCUT2D eigenvalue weighted by Gasteiger charge is 2.29. The fourth-order valence-electron chi connectivity index (χ4n) is 3.39. The maximum absolute atomic E-state index is 12.4. The highest BCUT2D eigenvalue weighted by Crippen LogP contribution is 2.26. The van der Waals surface area contributed by atoms with Crippen LogP contribution in [-0.2, 0) is 16.1 Å². The van der Waals surface area contributed by atoms with Gasteiger partial charge in [-0.2, -0.15) is 0 Å². The van der Waals surface area contributed by atoms with E-state index in [0.717, 1.165) is 16.2 Å². The fourth-order valence-corrected chi connectivity index (χ4v) is 4.08. The second-order valence-corrected chi connectivity index (χ2v) is 7.93. The molecule has 0 saturated carbocycles. The number of rotatable bonds is 5. The molecule has 29 heavy (non-hydrogen) atoms. The summed E-state index contributed by atoms with van der Waals surface area (Å²) in [6, 6.07) is 5.50. The van der Waals surface area contributed by atoms with Gasteiger partial charge in [0.2, 0.25) is 0 Å². The quantitative estimate of drug-likeness (QED) is 0.587. The maximum Gasteiger partial charge on any atom is 0.309 e. The molecule has 1 aliphatic rings. The van der Waals surface area contributed by atoms with Crippen LogP contribution in [0.3, 0.4) is 0 Å². The van der Waals surface area contributed by atoms with Crippen LogP contribution in [0.15, 0.2) is 32.4 Å². The zero-order valence-corrected chi connectivity index (χ0v) is 17.0. The first-order valence-electron chi connectivity index (χ1n) is 9.40. The lowest BCUT2D eigenvalue weighted by molar-refractivity contribution is -0.152. The van der Waals surface area contributed by atoms with Crippen LogP contribution in [0.4, 0.5) is 0 Å². The van der Waals surface area contributed by atoms with Gasteiger partial charge in [0.15, 0.2) is 6.61 Å². The summed E-state index contributed by atoms with van der Waals surface area (Å²) in [6.45, 7) is 4.67. The van der Waals surface area contributed by atoms with Gasteiger partial charge in [-0.05, 0) is 44.2 Å². The predicted molar refractivity (Wildman–Crippen MR) is 104 cm³/mol. The van der Waals surface area contributed by atoms with Crippen molar-refractivity contribution < 1.29 is 23.2 Å². The molecule has 1 saturated heterocycles. The number of esters is 1. The van der Waals surface area contributed by atoms with Crippen molar-refractivity contribution in [1.29, 1.82) is 0 Å². The molecule has 4 heterocycles. The SMILES string of the molecule is Cc1cc(-c2nnc(COC(=O)C3CCN(C(=O)c4cccs4)CC3)o2)c(C)o1. The average Bonchev–Trinajstić information content (AvgIpc) is 3.47. The molecule has 0 aromatic carbocycles. The van der Waals surface area contributed by atoms with Crippen molar-refractivity contribution in [2.45, 2.75) is 33.3 Å². The minimum atomic E-state index is -0.302. The van der Waals surface area contributed by atoms with Gasteiger partial charge in [-0.3, -0.25) is 9.59 Å². The number of aromatic nitrogens is 2. The number of likely N-dealkylation sites (tertiary alicyclic amines) is 1. The van der Waals surface area contributed by atoms with Crippen LogP contribution in [0.2, 0.25) is 0 Å². The van der Waals surface area contributed by atoms with Crippen molar-refractivity contribution >= 4 is 23.2 Å². The number of furan rings is 1. The summed E-state index contributed by atoms with van der Waals surface area (Å²) < 4.78 is 16.4. The van der Waals surface area contributed by atoms with Crippen LogP contribution < -0.4 is 0 Å². The van der Waals surface area contributed by atoms with Gasteiger partial charge in [0.25, 0.3) is 17.7 Å². The van der Waals surface area contributed by atoms with Gasteiger partial charge in [-0.1, -0.05) is 6.07 Å². The number of amides is 1. The monoisotopic (exact) mass is 415 g/mol. The number of aryl methyl sites for hydroxylation is 2. The van der Waals surface area contributed by atoms with Crippen LogP contribution in [0.25, 0.3) is 11.5 Å². The molecule has 0 aliphatic carbocycles.